The molecule has 1 atom stereocenters. The van der Waals surface area contributed by atoms with E-state index >= 15 is 0 Å². The van der Waals surface area contributed by atoms with Crippen molar-refractivity contribution in [1.29, 1.82) is 5.41 Å². The average molecular weight is 139 g/mol. The third-order valence-corrected chi connectivity index (χ3v) is 3.07. The molecular weight excluding hydrogens is 122 g/mol. The van der Waals surface area contributed by atoms with Gasteiger partial charge >= 0.3 is 0 Å². The lowest BCUT2D eigenvalue weighted by atomic mass is 9.68. The van der Waals surface area contributed by atoms with Crippen molar-refractivity contribution in [3.05, 3.63) is 0 Å². The summed E-state index contributed by atoms with van der Waals surface area (Å²) in [5, 5.41) is 7.72. The zero-order valence-electron chi connectivity index (χ0n) is 7.20. The monoisotopic (exact) mass is 139 g/mol. The molecule has 10 heavy (non-hydrogen) atoms. The molecule has 0 aromatic carbocycles. The first-order chi connectivity index (χ1) is 4.55. The maximum absolute atomic E-state index is 7.72. The van der Waals surface area contributed by atoms with Crippen molar-refractivity contribution >= 4 is 5.71 Å². The molecule has 1 fully saturated rings. The first-order valence-electron chi connectivity index (χ1n) is 4.13. The lowest BCUT2D eigenvalue weighted by Gasteiger charge is -2.36. The van der Waals surface area contributed by atoms with E-state index in [0.717, 1.165) is 12.1 Å². The van der Waals surface area contributed by atoms with Crippen molar-refractivity contribution < 1.29 is 0 Å². The van der Waals surface area contributed by atoms with Crippen molar-refractivity contribution in [2.75, 3.05) is 0 Å². The van der Waals surface area contributed by atoms with Crippen molar-refractivity contribution in [3.63, 3.8) is 0 Å². The molecule has 1 aliphatic carbocycles. The minimum atomic E-state index is 0.179. The summed E-state index contributed by atoms with van der Waals surface area (Å²) in [6.45, 7) is 6.64. The number of rotatable bonds is 0. The average Bonchev–Trinajstić information content (AvgIpc) is 1.84. The van der Waals surface area contributed by atoms with Gasteiger partial charge in [-0.05, 0) is 25.2 Å². The molecule has 1 N–H and O–H groups in total. The van der Waals surface area contributed by atoms with Crippen LogP contribution in [0.5, 0.6) is 0 Å². The Hall–Kier alpha value is -0.330. The molecule has 0 aromatic heterocycles. The van der Waals surface area contributed by atoms with E-state index in [-0.39, 0.29) is 5.41 Å². The second-order valence-corrected chi connectivity index (χ2v) is 3.99. The van der Waals surface area contributed by atoms with E-state index in [1.165, 1.54) is 12.8 Å². The summed E-state index contributed by atoms with van der Waals surface area (Å²) in [5.74, 6) is 0.703. The molecular formula is C9H17N. The van der Waals surface area contributed by atoms with E-state index < -0.39 is 0 Å². The topological polar surface area (TPSA) is 23.9 Å². The van der Waals surface area contributed by atoms with E-state index in [0.29, 0.717) is 5.92 Å². The van der Waals surface area contributed by atoms with E-state index in [1.54, 1.807) is 0 Å². The Bertz CT molecular complexity index is 147. The largest absolute Gasteiger partial charge is 0.309 e. The maximum atomic E-state index is 7.72. The van der Waals surface area contributed by atoms with E-state index in [4.69, 9.17) is 5.41 Å². The minimum absolute atomic E-state index is 0.179. The van der Waals surface area contributed by atoms with Crippen LogP contribution in [0.3, 0.4) is 0 Å². The van der Waals surface area contributed by atoms with Crippen LogP contribution in [-0.4, -0.2) is 5.71 Å². The Kier molecular flexibility index (Phi) is 1.84. The van der Waals surface area contributed by atoms with Gasteiger partial charge < -0.3 is 5.41 Å². The van der Waals surface area contributed by atoms with Gasteiger partial charge in [0.25, 0.3) is 0 Å². The van der Waals surface area contributed by atoms with Gasteiger partial charge in [0.1, 0.15) is 0 Å². The van der Waals surface area contributed by atoms with Crippen LogP contribution in [0.1, 0.15) is 40.0 Å². The number of hydrogen-bond donors (Lipinski definition) is 1. The zero-order valence-corrected chi connectivity index (χ0v) is 7.20. The van der Waals surface area contributed by atoms with Gasteiger partial charge in [-0.1, -0.05) is 20.8 Å². The van der Waals surface area contributed by atoms with E-state index in [2.05, 4.69) is 20.8 Å². The van der Waals surface area contributed by atoms with E-state index in [1.807, 2.05) is 0 Å². The van der Waals surface area contributed by atoms with E-state index in [9.17, 15) is 0 Å². The van der Waals surface area contributed by atoms with Crippen molar-refractivity contribution in [3.8, 4) is 0 Å². The predicted octanol–water partition coefficient (Wildman–Crippen LogP) is 2.85. The summed E-state index contributed by atoms with van der Waals surface area (Å²) >= 11 is 0. The summed E-state index contributed by atoms with van der Waals surface area (Å²) < 4.78 is 0. The minimum Gasteiger partial charge on any atom is -0.309 e. The number of nitrogens with one attached hydrogen (secondary N) is 1. The van der Waals surface area contributed by atoms with Gasteiger partial charge in [0, 0.05) is 11.1 Å². The Labute approximate surface area is 63.3 Å². The summed E-state index contributed by atoms with van der Waals surface area (Å²) in [7, 11) is 0. The maximum Gasteiger partial charge on any atom is 0.0148 e. The molecule has 1 unspecified atom stereocenters. The Morgan fingerprint density at radius 2 is 2.10 bits per heavy atom. The van der Waals surface area contributed by atoms with Gasteiger partial charge in [0.15, 0.2) is 0 Å². The van der Waals surface area contributed by atoms with Crippen molar-refractivity contribution in [2.24, 2.45) is 11.3 Å². The third-order valence-electron chi connectivity index (χ3n) is 3.07. The SMILES string of the molecule is CC1CCCC(=N)C1(C)C. The van der Waals surface area contributed by atoms with Crippen molar-refractivity contribution in [1.82, 2.24) is 0 Å². The number of hydrogen-bond acceptors (Lipinski definition) is 1. The Morgan fingerprint density at radius 1 is 1.50 bits per heavy atom. The fourth-order valence-electron chi connectivity index (χ4n) is 1.57. The first-order valence-corrected chi connectivity index (χ1v) is 4.13. The molecule has 0 aromatic rings. The summed E-state index contributed by atoms with van der Waals surface area (Å²) in [4.78, 5) is 0. The van der Waals surface area contributed by atoms with Gasteiger partial charge in [0.05, 0.1) is 0 Å². The van der Waals surface area contributed by atoms with Gasteiger partial charge in [0.2, 0.25) is 0 Å². The van der Waals surface area contributed by atoms with Gasteiger partial charge in [-0.15, -0.1) is 0 Å². The van der Waals surface area contributed by atoms with Crippen LogP contribution in [0.15, 0.2) is 0 Å². The molecule has 0 bridgehead atoms. The molecule has 0 spiro atoms. The molecule has 0 radical (unpaired) electrons. The third kappa shape index (κ3) is 1.09. The standard InChI is InChI=1S/C9H17N/c1-7-5-4-6-8(10)9(7,2)3/h7,10H,4-6H2,1-3H3. The summed E-state index contributed by atoms with van der Waals surface area (Å²) in [6, 6.07) is 0. The summed E-state index contributed by atoms with van der Waals surface area (Å²) in [5.41, 5.74) is 1.13. The molecule has 58 valence electrons. The second-order valence-electron chi connectivity index (χ2n) is 3.99. The van der Waals surface area contributed by atoms with Crippen LogP contribution in [0.2, 0.25) is 0 Å². The van der Waals surface area contributed by atoms with Crippen LogP contribution in [0.25, 0.3) is 0 Å². The first kappa shape index (κ1) is 7.77. The second kappa shape index (κ2) is 2.37. The van der Waals surface area contributed by atoms with Gasteiger partial charge in [-0.3, -0.25) is 0 Å². The molecule has 0 heterocycles. The smallest absolute Gasteiger partial charge is 0.0148 e. The highest BCUT2D eigenvalue weighted by atomic mass is 14.5. The van der Waals surface area contributed by atoms with Crippen LogP contribution in [-0.2, 0) is 0 Å². The van der Waals surface area contributed by atoms with Crippen LogP contribution < -0.4 is 0 Å². The molecule has 1 rings (SSSR count). The molecule has 1 saturated carbocycles. The summed E-state index contributed by atoms with van der Waals surface area (Å²) in [6.07, 6.45) is 3.55. The van der Waals surface area contributed by atoms with Crippen molar-refractivity contribution in [2.45, 2.75) is 40.0 Å². The molecule has 0 aliphatic heterocycles. The van der Waals surface area contributed by atoms with Crippen LogP contribution in [0, 0.1) is 16.7 Å². The molecule has 0 amide bonds. The molecule has 1 nitrogen and oxygen atoms in total. The zero-order chi connectivity index (χ0) is 7.78. The highest BCUT2D eigenvalue weighted by molar-refractivity contribution is 5.87. The van der Waals surface area contributed by atoms with Gasteiger partial charge in [-0.25, -0.2) is 0 Å². The fourth-order valence-corrected chi connectivity index (χ4v) is 1.57. The normalized spacial score (nSPS) is 32.3. The van der Waals surface area contributed by atoms with Crippen LogP contribution in [0.4, 0.5) is 0 Å². The molecule has 0 saturated heterocycles. The Morgan fingerprint density at radius 3 is 2.50 bits per heavy atom. The fraction of sp³-hybridized carbons (Fsp3) is 0.889. The highest BCUT2D eigenvalue weighted by Crippen LogP contribution is 2.37. The lowest BCUT2D eigenvalue weighted by molar-refractivity contribution is 0.281. The van der Waals surface area contributed by atoms with Crippen LogP contribution >= 0.6 is 0 Å². The quantitative estimate of drug-likeness (QED) is 0.533. The van der Waals surface area contributed by atoms with Gasteiger partial charge in [-0.2, -0.15) is 0 Å². The predicted molar refractivity (Wildman–Crippen MR) is 44.5 cm³/mol. The highest BCUT2D eigenvalue weighted by Gasteiger charge is 2.33. The molecule has 1 heteroatoms. The molecule has 1 aliphatic rings. The Balaban J connectivity index is 2.73. The lowest BCUT2D eigenvalue weighted by Crippen LogP contribution is -2.34.